The van der Waals surface area contributed by atoms with E-state index in [9.17, 15) is 4.21 Å². The Labute approximate surface area is 145 Å². The van der Waals surface area contributed by atoms with E-state index in [1.54, 1.807) is 23.1 Å². The Balaban J connectivity index is 1.49. The second-order valence-electron chi connectivity index (χ2n) is 4.71. The van der Waals surface area contributed by atoms with E-state index in [1.165, 1.54) is 4.70 Å². The molecule has 0 aliphatic heterocycles. The second-order valence-corrected chi connectivity index (χ2v) is 9.10. The van der Waals surface area contributed by atoms with Crippen LogP contribution in [0.15, 0.2) is 52.9 Å². The number of aromatic nitrogens is 1. The second kappa shape index (κ2) is 7.59. The van der Waals surface area contributed by atoms with Gasteiger partial charge in [0.2, 0.25) is 0 Å². The van der Waals surface area contributed by atoms with Crippen molar-refractivity contribution in [3.05, 3.63) is 59.1 Å². The number of nitrogens with zero attached hydrogens (tertiary/aromatic N) is 1. The molecule has 2 aromatic carbocycles. The minimum Gasteiger partial charge on any atom is -0.259 e. The number of benzene rings is 2. The van der Waals surface area contributed by atoms with Gasteiger partial charge in [0.05, 0.1) is 10.2 Å². The molecule has 0 amide bonds. The highest BCUT2D eigenvalue weighted by Gasteiger charge is 2.06. The predicted octanol–water partition coefficient (Wildman–Crippen LogP) is 4.99. The highest BCUT2D eigenvalue weighted by Crippen LogP contribution is 2.29. The summed E-state index contributed by atoms with van der Waals surface area (Å²) in [4.78, 5) is 4.57. The number of rotatable bonds is 6. The Kier molecular flexibility index (Phi) is 5.52. The number of para-hydroxylation sites is 1. The number of halogens is 1. The molecule has 6 heteroatoms. The molecular weight excluding hydrogens is 354 g/mol. The Bertz CT molecular complexity index is 752. The lowest BCUT2D eigenvalue weighted by Gasteiger charge is -2.02. The number of hydrogen-bond acceptors (Lipinski definition) is 4. The van der Waals surface area contributed by atoms with E-state index in [4.69, 9.17) is 11.6 Å². The number of thioether (sulfide) groups is 1. The van der Waals surface area contributed by atoms with Gasteiger partial charge >= 0.3 is 0 Å². The van der Waals surface area contributed by atoms with Crippen molar-refractivity contribution >= 4 is 55.7 Å². The largest absolute Gasteiger partial charge is 0.259 e. The summed E-state index contributed by atoms with van der Waals surface area (Å²) in [5, 5.41) is 0.709. The van der Waals surface area contributed by atoms with Crippen LogP contribution in [0.5, 0.6) is 0 Å². The van der Waals surface area contributed by atoms with Crippen LogP contribution in [0, 0.1) is 0 Å². The molecule has 0 aliphatic carbocycles. The van der Waals surface area contributed by atoms with Crippen LogP contribution in [0.25, 0.3) is 10.2 Å². The van der Waals surface area contributed by atoms with E-state index in [0.29, 0.717) is 16.5 Å². The Morgan fingerprint density at radius 3 is 2.68 bits per heavy atom. The van der Waals surface area contributed by atoms with Crippen molar-refractivity contribution in [2.24, 2.45) is 0 Å². The van der Waals surface area contributed by atoms with Crippen molar-refractivity contribution < 1.29 is 4.21 Å². The maximum Gasteiger partial charge on any atom is 0.151 e. The SMILES string of the molecule is O=S(CCSc1nc2ccccc2s1)Cc1ccc(Cl)cc1. The summed E-state index contributed by atoms with van der Waals surface area (Å²) in [6.45, 7) is 0. The predicted molar refractivity (Wildman–Crippen MR) is 98.5 cm³/mol. The van der Waals surface area contributed by atoms with E-state index < -0.39 is 10.8 Å². The average molecular weight is 368 g/mol. The van der Waals surface area contributed by atoms with Crippen LogP contribution >= 0.6 is 34.7 Å². The smallest absolute Gasteiger partial charge is 0.151 e. The van der Waals surface area contributed by atoms with Crippen LogP contribution in [0.4, 0.5) is 0 Å². The van der Waals surface area contributed by atoms with Gasteiger partial charge in [-0.2, -0.15) is 0 Å². The maximum absolute atomic E-state index is 12.1. The topological polar surface area (TPSA) is 30.0 Å². The molecule has 22 heavy (non-hydrogen) atoms. The van der Waals surface area contributed by atoms with Gasteiger partial charge in [0.1, 0.15) is 0 Å². The first-order valence-corrected chi connectivity index (χ1v) is 10.5. The summed E-state index contributed by atoms with van der Waals surface area (Å²) >= 11 is 9.22. The molecule has 3 aromatic rings. The molecule has 0 spiro atoms. The molecule has 0 aliphatic rings. The van der Waals surface area contributed by atoms with Gasteiger partial charge in [-0.15, -0.1) is 11.3 Å². The monoisotopic (exact) mass is 367 g/mol. The van der Waals surface area contributed by atoms with Gasteiger partial charge in [-0.1, -0.05) is 47.6 Å². The van der Waals surface area contributed by atoms with E-state index in [2.05, 4.69) is 11.1 Å². The summed E-state index contributed by atoms with van der Waals surface area (Å²) in [6.07, 6.45) is 0. The molecule has 0 bridgehead atoms. The van der Waals surface area contributed by atoms with Crippen LogP contribution in [-0.2, 0) is 16.6 Å². The normalized spacial score (nSPS) is 12.6. The molecule has 0 fully saturated rings. The molecule has 0 saturated carbocycles. The van der Waals surface area contributed by atoms with Crippen LogP contribution in [0.2, 0.25) is 5.02 Å². The Hall–Kier alpha value is -0.880. The highest BCUT2D eigenvalue weighted by atomic mass is 35.5. The molecule has 0 radical (unpaired) electrons. The zero-order chi connectivity index (χ0) is 15.4. The lowest BCUT2D eigenvalue weighted by Crippen LogP contribution is -2.03. The van der Waals surface area contributed by atoms with E-state index >= 15 is 0 Å². The van der Waals surface area contributed by atoms with Crippen molar-refractivity contribution in [2.45, 2.75) is 10.1 Å². The van der Waals surface area contributed by atoms with Gasteiger partial charge in [0.25, 0.3) is 0 Å². The molecular formula is C16H14ClNOS3. The fourth-order valence-electron chi connectivity index (χ4n) is 1.97. The van der Waals surface area contributed by atoms with Crippen molar-refractivity contribution in [1.29, 1.82) is 0 Å². The zero-order valence-corrected chi connectivity index (χ0v) is 14.9. The van der Waals surface area contributed by atoms with E-state index in [0.717, 1.165) is 21.2 Å². The third kappa shape index (κ3) is 4.32. The first-order valence-electron chi connectivity index (χ1n) is 6.78. The standard InChI is InChI=1S/C16H14ClNOS3/c17-13-7-5-12(6-8-13)11-22(19)10-9-20-16-18-14-3-1-2-4-15(14)21-16/h1-8H,9-11H2. The van der Waals surface area contributed by atoms with Crippen molar-refractivity contribution in [3.63, 3.8) is 0 Å². The number of hydrogen-bond donors (Lipinski definition) is 0. The fraction of sp³-hybridized carbons (Fsp3) is 0.188. The summed E-state index contributed by atoms with van der Waals surface area (Å²) in [5.41, 5.74) is 2.10. The van der Waals surface area contributed by atoms with Crippen molar-refractivity contribution in [1.82, 2.24) is 4.98 Å². The first-order chi connectivity index (χ1) is 10.7. The minimum absolute atomic E-state index is 0.581. The molecule has 3 rings (SSSR count). The fourth-order valence-corrected chi connectivity index (χ4v) is 5.67. The van der Waals surface area contributed by atoms with Gasteiger partial charge in [0, 0.05) is 33.1 Å². The average Bonchev–Trinajstić information content (AvgIpc) is 2.92. The van der Waals surface area contributed by atoms with E-state index in [-0.39, 0.29) is 0 Å². The number of thiazole rings is 1. The molecule has 1 heterocycles. The lowest BCUT2D eigenvalue weighted by molar-refractivity contribution is 0.683. The summed E-state index contributed by atoms with van der Waals surface area (Å²) < 4.78 is 14.4. The van der Waals surface area contributed by atoms with Crippen LogP contribution < -0.4 is 0 Å². The van der Waals surface area contributed by atoms with Gasteiger partial charge in [-0.05, 0) is 29.8 Å². The van der Waals surface area contributed by atoms with Gasteiger partial charge in [-0.25, -0.2) is 4.98 Å². The lowest BCUT2D eigenvalue weighted by atomic mass is 10.2. The maximum atomic E-state index is 12.1. The van der Waals surface area contributed by atoms with Crippen LogP contribution in [0.3, 0.4) is 0 Å². The Morgan fingerprint density at radius 2 is 1.91 bits per heavy atom. The quantitative estimate of drug-likeness (QED) is 0.575. The number of fused-ring (bicyclic) bond motifs is 1. The van der Waals surface area contributed by atoms with Gasteiger partial charge in [0.15, 0.2) is 4.34 Å². The molecule has 0 N–H and O–H groups in total. The first kappa shape index (κ1) is 16.0. The van der Waals surface area contributed by atoms with E-state index in [1.807, 2.05) is 42.5 Å². The zero-order valence-electron chi connectivity index (χ0n) is 11.7. The van der Waals surface area contributed by atoms with Crippen molar-refractivity contribution in [3.8, 4) is 0 Å². The molecule has 1 aromatic heterocycles. The third-order valence-corrected chi connectivity index (χ3v) is 7.06. The van der Waals surface area contributed by atoms with Gasteiger partial charge < -0.3 is 0 Å². The summed E-state index contributed by atoms with van der Waals surface area (Å²) in [7, 11) is -0.856. The molecule has 1 unspecified atom stereocenters. The van der Waals surface area contributed by atoms with Crippen LogP contribution in [-0.4, -0.2) is 20.7 Å². The van der Waals surface area contributed by atoms with Crippen molar-refractivity contribution in [2.75, 3.05) is 11.5 Å². The van der Waals surface area contributed by atoms with Crippen LogP contribution in [0.1, 0.15) is 5.56 Å². The summed E-state index contributed by atoms with van der Waals surface area (Å²) in [5.74, 6) is 2.07. The molecule has 114 valence electrons. The molecule has 2 nitrogen and oxygen atoms in total. The molecule has 0 saturated heterocycles. The van der Waals surface area contributed by atoms with Gasteiger partial charge in [-0.3, -0.25) is 4.21 Å². The Morgan fingerprint density at radius 1 is 1.14 bits per heavy atom. The minimum atomic E-state index is -0.856. The highest BCUT2D eigenvalue weighted by molar-refractivity contribution is 8.01. The third-order valence-electron chi connectivity index (χ3n) is 3.05. The summed E-state index contributed by atoms with van der Waals surface area (Å²) in [6, 6.07) is 15.7. The molecule has 1 atom stereocenters.